The number of hydrogen-bond donors (Lipinski definition) is 1. The third-order valence-electron chi connectivity index (χ3n) is 4.73. The van der Waals surface area contributed by atoms with E-state index in [-0.39, 0.29) is 23.4 Å². The Labute approximate surface area is 159 Å². The summed E-state index contributed by atoms with van der Waals surface area (Å²) in [7, 11) is 0. The van der Waals surface area contributed by atoms with Gasteiger partial charge in [-0.25, -0.2) is 0 Å². The number of ketones is 1. The van der Waals surface area contributed by atoms with Crippen LogP contribution in [-0.4, -0.2) is 10.9 Å². The number of hydrogen-bond acceptors (Lipinski definition) is 2. The molecular weight excluding hydrogens is 344 g/mol. The molecule has 0 radical (unpaired) electrons. The molecule has 26 heavy (non-hydrogen) atoms. The minimum Gasteiger partial charge on any atom is -0.508 e. The third-order valence-corrected chi connectivity index (χ3v) is 4.99. The van der Waals surface area contributed by atoms with Gasteiger partial charge in [0, 0.05) is 10.6 Å². The summed E-state index contributed by atoms with van der Waals surface area (Å²) in [5.74, 6) is -0.0361. The van der Waals surface area contributed by atoms with E-state index in [1.165, 1.54) is 0 Å². The number of phenolic OH excluding ortho intramolecular Hbond substituents is 1. The van der Waals surface area contributed by atoms with E-state index in [0.29, 0.717) is 10.6 Å². The number of carbonyl (C=O) groups excluding carboxylic acids is 1. The molecule has 132 valence electrons. The van der Waals surface area contributed by atoms with Crippen LogP contribution in [0.1, 0.15) is 46.7 Å². The molecule has 0 aromatic heterocycles. The highest BCUT2D eigenvalue weighted by Gasteiger charge is 2.30. The zero-order valence-electron chi connectivity index (χ0n) is 14.6. The average Bonchev–Trinajstić information content (AvgIpc) is 2.68. The standard InChI is InChI=1S/C23H21ClO2/c1-2-21(16-8-12-19(24)13-9-16)22(17-10-14-20(25)15-11-17)23(26)18-6-4-3-5-7-18/h3-15,21-22,25H,2H2,1H3/t21-,22+/m1/s1. The van der Waals surface area contributed by atoms with Crippen molar-refractivity contribution < 1.29 is 9.90 Å². The highest BCUT2D eigenvalue weighted by molar-refractivity contribution is 6.30. The van der Waals surface area contributed by atoms with E-state index in [0.717, 1.165) is 17.5 Å². The molecule has 3 rings (SSSR count). The van der Waals surface area contributed by atoms with E-state index in [2.05, 4.69) is 6.92 Å². The van der Waals surface area contributed by atoms with Crippen LogP contribution < -0.4 is 0 Å². The normalized spacial score (nSPS) is 13.2. The van der Waals surface area contributed by atoms with Gasteiger partial charge in [-0.1, -0.05) is 73.1 Å². The van der Waals surface area contributed by atoms with Crippen LogP contribution in [0.5, 0.6) is 5.75 Å². The van der Waals surface area contributed by atoms with Crippen LogP contribution in [0.3, 0.4) is 0 Å². The second-order valence-electron chi connectivity index (χ2n) is 6.37. The third kappa shape index (κ3) is 3.97. The summed E-state index contributed by atoms with van der Waals surface area (Å²) in [6, 6.07) is 24.0. The van der Waals surface area contributed by atoms with Gasteiger partial charge in [0.1, 0.15) is 5.75 Å². The largest absolute Gasteiger partial charge is 0.508 e. The van der Waals surface area contributed by atoms with Gasteiger partial charge in [-0.3, -0.25) is 4.79 Å². The van der Waals surface area contributed by atoms with E-state index in [4.69, 9.17) is 11.6 Å². The number of Topliss-reactive ketones (excluding diaryl/α,β-unsaturated/α-hetero) is 1. The predicted octanol–water partition coefficient (Wildman–Crippen LogP) is 6.21. The number of aromatic hydroxyl groups is 1. The van der Waals surface area contributed by atoms with Crippen LogP contribution in [-0.2, 0) is 0 Å². The summed E-state index contributed by atoms with van der Waals surface area (Å²) in [4.78, 5) is 13.4. The van der Waals surface area contributed by atoms with E-state index < -0.39 is 0 Å². The minimum absolute atomic E-state index is 0.0181. The maximum Gasteiger partial charge on any atom is 0.170 e. The van der Waals surface area contributed by atoms with Crippen molar-refractivity contribution in [1.82, 2.24) is 0 Å². The molecule has 1 N–H and O–H groups in total. The van der Waals surface area contributed by atoms with Gasteiger partial charge in [-0.15, -0.1) is 0 Å². The van der Waals surface area contributed by atoms with E-state index in [1.54, 1.807) is 12.1 Å². The second-order valence-corrected chi connectivity index (χ2v) is 6.80. The molecule has 3 heteroatoms. The van der Waals surface area contributed by atoms with Gasteiger partial charge in [-0.05, 0) is 47.7 Å². The van der Waals surface area contributed by atoms with Crippen LogP contribution in [0, 0.1) is 0 Å². The molecule has 0 aliphatic heterocycles. The molecule has 3 aromatic carbocycles. The Morgan fingerprint density at radius 3 is 2.04 bits per heavy atom. The average molecular weight is 365 g/mol. The number of halogens is 1. The smallest absolute Gasteiger partial charge is 0.170 e. The molecule has 2 atom stereocenters. The maximum absolute atomic E-state index is 13.4. The first-order valence-corrected chi connectivity index (χ1v) is 9.11. The van der Waals surface area contributed by atoms with Crippen molar-refractivity contribution in [2.24, 2.45) is 0 Å². The van der Waals surface area contributed by atoms with Crippen LogP contribution in [0.15, 0.2) is 78.9 Å². The van der Waals surface area contributed by atoms with E-state index in [1.807, 2.05) is 66.7 Å². The molecule has 0 aliphatic rings. The lowest BCUT2D eigenvalue weighted by molar-refractivity contribution is 0.0945. The predicted molar refractivity (Wildman–Crippen MR) is 106 cm³/mol. The van der Waals surface area contributed by atoms with Crippen molar-refractivity contribution in [2.75, 3.05) is 0 Å². The van der Waals surface area contributed by atoms with Gasteiger partial charge in [0.25, 0.3) is 0 Å². The molecule has 0 amide bonds. The number of rotatable bonds is 6. The molecule has 0 heterocycles. The van der Waals surface area contributed by atoms with Gasteiger partial charge >= 0.3 is 0 Å². The summed E-state index contributed by atoms with van der Waals surface area (Å²) in [5.41, 5.74) is 2.68. The first kappa shape index (κ1) is 18.2. The lowest BCUT2D eigenvalue weighted by Crippen LogP contribution is -2.20. The zero-order chi connectivity index (χ0) is 18.5. The summed E-state index contributed by atoms with van der Waals surface area (Å²) in [5, 5.41) is 10.3. The molecule has 0 saturated heterocycles. The molecule has 0 unspecified atom stereocenters. The first-order chi connectivity index (χ1) is 12.6. The molecule has 0 saturated carbocycles. The van der Waals surface area contributed by atoms with Gasteiger partial charge in [0.2, 0.25) is 0 Å². The Hall–Kier alpha value is -2.58. The van der Waals surface area contributed by atoms with Gasteiger partial charge in [-0.2, -0.15) is 0 Å². The highest BCUT2D eigenvalue weighted by Crippen LogP contribution is 2.38. The highest BCUT2D eigenvalue weighted by atomic mass is 35.5. The summed E-state index contributed by atoms with van der Waals surface area (Å²) in [6.07, 6.45) is 0.811. The molecule has 0 fully saturated rings. The fourth-order valence-corrected chi connectivity index (χ4v) is 3.53. The Kier molecular flexibility index (Phi) is 5.75. The number of benzene rings is 3. The Bertz CT molecular complexity index is 855. The molecule has 2 nitrogen and oxygen atoms in total. The van der Waals surface area contributed by atoms with Gasteiger partial charge in [0.15, 0.2) is 5.78 Å². The molecule has 3 aromatic rings. The summed E-state index contributed by atoms with van der Waals surface area (Å²) in [6.45, 7) is 2.09. The van der Waals surface area contributed by atoms with Crippen molar-refractivity contribution >= 4 is 17.4 Å². The molecule has 0 bridgehead atoms. The van der Waals surface area contributed by atoms with Crippen molar-refractivity contribution in [1.29, 1.82) is 0 Å². The number of carbonyl (C=O) groups is 1. The van der Waals surface area contributed by atoms with E-state index >= 15 is 0 Å². The lowest BCUT2D eigenvalue weighted by Gasteiger charge is -2.26. The van der Waals surface area contributed by atoms with Crippen molar-refractivity contribution in [3.8, 4) is 5.75 Å². The maximum atomic E-state index is 13.4. The molecular formula is C23H21ClO2. The fraction of sp³-hybridized carbons (Fsp3) is 0.174. The molecule has 0 aliphatic carbocycles. The first-order valence-electron chi connectivity index (χ1n) is 8.73. The van der Waals surface area contributed by atoms with Crippen LogP contribution in [0.2, 0.25) is 5.02 Å². The summed E-state index contributed by atoms with van der Waals surface area (Å²) < 4.78 is 0. The Morgan fingerprint density at radius 1 is 0.885 bits per heavy atom. The number of phenols is 1. The minimum atomic E-state index is -0.329. The zero-order valence-corrected chi connectivity index (χ0v) is 15.4. The Morgan fingerprint density at radius 2 is 1.46 bits per heavy atom. The SMILES string of the molecule is CC[C@H](c1ccc(Cl)cc1)[C@@H](C(=O)c1ccccc1)c1ccc(O)cc1. The second kappa shape index (κ2) is 8.20. The van der Waals surface area contributed by atoms with Crippen LogP contribution >= 0.6 is 11.6 Å². The quantitative estimate of drug-likeness (QED) is 0.528. The lowest BCUT2D eigenvalue weighted by atomic mass is 9.76. The van der Waals surface area contributed by atoms with Crippen molar-refractivity contribution in [2.45, 2.75) is 25.2 Å². The monoisotopic (exact) mass is 364 g/mol. The Balaban J connectivity index is 2.08. The van der Waals surface area contributed by atoms with Gasteiger partial charge in [0.05, 0.1) is 5.92 Å². The fourth-order valence-electron chi connectivity index (χ4n) is 3.40. The summed E-state index contributed by atoms with van der Waals surface area (Å²) >= 11 is 6.04. The topological polar surface area (TPSA) is 37.3 Å². The van der Waals surface area contributed by atoms with Crippen LogP contribution in [0.25, 0.3) is 0 Å². The van der Waals surface area contributed by atoms with E-state index in [9.17, 15) is 9.90 Å². The van der Waals surface area contributed by atoms with Crippen molar-refractivity contribution in [3.05, 3.63) is 101 Å². The van der Waals surface area contributed by atoms with Crippen molar-refractivity contribution in [3.63, 3.8) is 0 Å². The van der Waals surface area contributed by atoms with Crippen LogP contribution in [0.4, 0.5) is 0 Å². The molecule has 0 spiro atoms. The van der Waals surface area contributed by atoms with Gasteiger partial charge < -0.3 is 5.11 Å².